The molecular formula is C15H18N2O. The van der Waals surface area contributed by atoms with Gasteiger partial charge in [-0.15, -0.1) is 0 Å². The standard InChI is InChI=1S/C15H18N2O/c1-18-15-7-14(8-15)17-9-11-2-3-13-10-16-5-4-12(13)6-11/h2-6,10,14-15,17H,7-9H2,1H3. The van der Waals surface area contributed by atoms with Crippen molar-refractivity contribution in [1.29, 1.82) is 0 Å². The fraction of sp³-hybridized carbons (Fsp3) is 0.400. The van der Waals surface area contributed by atoms with Crippen molar-refractivity contribution in [2.45, 2.75) is 31.5 Å². The molecule has 0 saturated heterocycles. The zero-order valence-corrected chi connectivity index (χ0v) is 10.6. The summed E-state index contributed by atoms with van der Waals surface area (Å²) in [5.74, 6) is 0. The summed E-state index contributed by atoms with van der Waals surface area (Å²) in [6.45, 7) is 0.930. The topological polar surface area (TPSA) is 34.1 Å². The molecular weight excluding hydrogens is 224 g/mol. The van der Waals surface area contributed by atoms with Crippen molar-refractivity contribution < 1.29 is 4.74 Å². The van der Waals surface area contributed by atoms with E-state index in [1.54, 1.807) is 7.11 Å². The lowest BCUT2D eigenvalue weighted by Crippen LogP contribution is -2.44. The monoisotopic (exact) mass is 242 g/mol. The van der Waals surface area contributed by atoms with E-state index in [-0.39, 0.29) is 0 Å². The maximum atomic E-state index is 5.28. The minimum Gasteiger partial charge on any atom is -0.381 e. The van der Waals surface area contributed by atoms with Crippen LogP contribution in [-0.2, 0) is 11.3 Å². The zero-order valence-electron chi connectivity index (χ0n) is 10.6. The molecule has 0 aliphatic heterocycles. The van der Waals surface area contributed by atoms with Crippen LogP contribution in [0.25, 0.3) is 10.8 Å². The fourth-order valence-electron chi connectivity index (χ4n) is 2.43. The molecule has 3 heteroatoms. The van der Waals surface area contributed by atoms with E-state index in [0.717, 1.165) is 19.4 Å². The molecule has 2 aromatic rings. The van der Waals surface area contributed by atoms with Gasteiger partial charge >= 0.3 is 0 Å². The molecule has 1 heterocycles. The van der Waals surface area contributed by atoms with Gasteiger partial charge in [0, 0.05) is 37.5 Å². The SMILES string of the molecule is COC1CC(NCc2ccc3cnccc3c2)C1. The van der Waals surface area contributed by atoms with Gasteiger partial charge in [0.05, 0.1) is 6.10 Å². The molecule has 1 fully saturated rings. The van der Waals surface area contributed by atoms with Crippen molar-refractivity contribution in [3.8, 4) is 0 Å². The van der Waals surface area contributed by atoms with Crippen LogP contribution in [0.5, 0.6) is 0 Å². The summed E-state index contributed by atoms with van der Waals surface area (Å²) in [5.41, 5.74) is 1.33. The summed E-state index contributed by atoms with van der Waals surface area (Å²) in [6, 6.07) is 9.21. The van der Waals surface area contributed by atoms with E-state index in [1.165, 1.54) is 16.3 Å². The lowest BCUT2D eigenvalue weighted by Gasteiger charge is -2.34. The maximum absolute atomic E-state index is 5.28. The third-order valence-electron chi connectivity index (χ3n) is 3.73. The molecule has 0 bridgehead atoms. The number of rotatable bonds is 4. The van der Waals surface area contributed by atoms with Crippen LogP contribution in [0.2, 0.25) is 0 Å². The second-order valence-corrected chi connectivity index (χ2v) is 4.96. The molecule has 1 saturated carbocycles. The smallest absolute Gasteiger partial charge is 0.0601 e. The van der Waals surface area contributed by atoms with E-state index in [4.69, 9.17) is 4.74 Å². The average molecular weight is 242 g/mol. The molecule has 0 amide bonds. The first-order valence-electron chi connectivity index (χ1n) is 6.44. The number of nitrogens with one attached hydrogen (secondary N) is 1. The van der Waals surface area contributed by atoms with Crippen molar-refractivity contribution in [3.05, 3.63) is 42.2 Å². The van der Waals surface area contributed by atoms with Crippen LogP contribution in [0.3, 0.4) is 0 Å². The van der Waals surface area contributed by atoms with Gasteiger partial charge in [-0.2, -0.15) is 0 Å². The third-order valence-corrected chi connectivity index (χ3v) is 3.73. The number of hydrogen-bond donors (Lipinski definition) is 1. The van der Waals surface area contributed by atoms with Crippen LogP contribution in [0, 0.1) is 0 Å². The number of methoxy groups -OCH3 is 1. The van der Waals surface area contributed by atoms with Crippen LogP contribution < -0.4 is 5.32 Å². The lowest BCUT2D eigenvalue weighted by atomic mass is 9.89. The zero-order chi connectivity index (χ0) is 12.4. The van der Waals surface area contributed by atoms with Gasteiger partial charge in [-0.3, -0.25) is 4.98 Å². The van der Waals surface area contributed by atoms with Gasteiger partial charge in [-0.05, 0) is 35.9 Å². The van der Waals surface area contributed by atoms with Gasteiger partial charge in [0.1, 0.15) is 0 Å². The Balaban J connectivity index is 1.61. The molecule has 1 aliphatic rings. The average Bonchev–Trinajstić information content (AvgIpc) is 2.37. The van der Waals surface area contributed by atoms with Crippen molar-refractivity contribution in [1.82, 2.24) is 10.3 Å². The molecule has 3 rings (SSSR count). The molecule has 1 N–H and O–H groups in total. The van der Waals surface area contributed by atoms with E-state index in [2.05, 4.69) is 34.6 Å². The first kappa shape index (κ1) is 11.6. The highest BCUT2D eigenvalue weighted by Crippen LogP contribution is 2.23. The number of fused-ring (bicyclic) bond motifs is 1. The van der Waals surface area contributed by atoms with Gasteiger partial charge in [0.25, 0.3) is 0 Å². The second-order valence-electron chi connectivity index (χ2n) is 4.96. The molecule has 1 aliphatic carbocycles. The lowest BCUT2D eigenvalue weighted by molar-refractivity contribution is 0.0170. The number of pyridine rings is 1. The van der Waals surface area contributed by atoms with Crippen molar-refractivity contribution in [3.63, 3.8) is 0 Å². The van der Waals surface area contributed by atoms with Gasteiger partial charge < -0.3 is 10.1 Å². The minimum atomic E-state index is 0.463. The Labute approximate surface area is 107 Å². The molecule has 1 aromatic carbocycles. The first-order valence-corrected chi connectivity index (χ1v) is 6.44. The van der Waals surface area contributed by atoms with E-state index < -0.39 is 0 Å². The minimum absolute atomic E-state index is 0.463. The third kappa shape index (κ3) is 2.37. The molecule has 1 aromatic heterocycles. The van der Waals surface area contributed by atoms with Crippen LogP contribution in [0.15, 0.2) is 36.7 Å². The Morgan fingerprint density at radius 2 is 2.17 bits per heavy atom. The summed E-state index contributed by atoms with van der Waals surface area (Å²) in [4.78, 5) is 4.13. The largest absolute Gasteiger partial charge is 0.381 e. The summed E-state index contributed by atoms with van der Waals surface area (Å²) < 4.78 is 5.28. The van der Waals surface area contributed by atoms with Crippen LogP contribution >= 0.6 is 0 Å². The summed E-state index contributed by atoms with van der Waals surface area (Å²) >= 11 is 0. The quantitative estimate of drug-likeness (QED) is 0.894. The maximum Gasteiger partial charge on any atom is 0.0601 e. The first-order chi connectivity index (χ1) is 8.85. The van der Waals surface area contributed by atoms with Gasteiger partial charge in [0.2, 0.25) is 0 Å². The predicted molar refractivity (Wildman–Crippen MR) is 72.4 cm³/mol. The summed E-state index contributed by atoms with van der Waals surface area (Å²) in [6.07, 6.45) is 6.48. The molecule has 94 valence electrons. The normalized spacial score (nSPS) is 22.9. The second kappa shape index (κ2) is 5.04. The molecule has 0 atom stereocenters. The van der Waals surface area contributed by atoms with E-state index >= 15 is 0 Å². The Kier molecular flexibility index (Phi) is 3.26. The predicted octanol–water partition coefficient (Wildman–Crippen LogP) is 2.50. The van der Waals surface area contributed by atoms with Gasteiger partial charge in [-0.25, -0.2) is 0 Å². The van der Waals surface area contributed by atoms with Crippen LogP contribution in [0.4, 0.5) is 0 Å². The number of ether oxygens (including phenoxy) is 1. The van der Waals surface area contributed by atoms with E-state index in [9.17, 15) is 0 Å². The number of nitrogens with zero attached hydrogens (tertiary/aromatic N) is 1. The van der Waals surface area contributed by atoms with E-state index in [0.29, 0.717) is 12.1 Å². The summed E-state index contributed by atoms with van der Waals surface area (Å²) in [7, 11) is 1.79. The Bertz CT molecular complexity index is 535. The molecule has 0 unspecified atom stereocenters. The van der Waals surface area contributed by atoms with E-state index in [1.807, 2.05) is 12.4 Å². The van der Waals surface area contributed by atoms with Crippen LogP contribution in [-0.4, -0.2) is 24.2 Å². The van der Waals surface area contributed by atoms with Gasteiger partial charge in [0.15, 0.2) is 0 Å². The Morgan fingerprint density at radius 3 is 3.00 bits per heavy atom. The highest BCUT2D eigenvalue weighted by Gasteiger charge is 2.28. The number of aromatic nitrogens is 1. The Hall–Kier alpha value is -1.45. The van der Waals surface area contributed by atoms with Crippen molar-refractivity contribution in [2.24, 2.45) is 0 Å². The fourth-order valence-corrected chi connectivity index (χ4v) is 2.43. The summed E-state index contributed by atoms with van der Waals surface area (Å²) in [5, 5.41) is 6.02. The molecule has 3 nitrogen and oxygen atoms in total. The number of hydrogen-bond acceptors (Lipinski definition) is 3. The molecule has 18 heavy (non-hydrogen) atoms. The Morgan fingerprint density at radius 1 is 1.28 bits per heavy atom. The van der Waals surface area contributed by atoms with Crippen LogP contribution in [0.1, 0.15) is 18.4 Å². The van der Waals surface area contributed by atoms with Gasteiger partial charge in [-0.1, -0.05) is 12.1 Å². The highest BCUT2D eigenvalue weighted by atomic mass is 16.5. The number of benzene rings is 1. The molecule has 0 spiro atoms. The van der Waals surface area contributed by atoms with Crippen molar-refractivity contribution >= 4 is 10.8 Å². The molecule has 0 radical (unpaired) electrons. The highest BCUT2D eigenvalue weighted by molar-refractivity contribution is 5.81. The van der Waals surface area contributed by atoms with Crippen molar-refractivity contribution in [2.75, 3.05) is 7.11 Å².